The fraction of sp³-hybridized carbons (Fsp3) is 0.389. The first-order valence-corrected chi connectivity index (χ1v) is 7.77. The van der Waals surface area contributed by atoms with Gasteiger partial charge in [-0.25, -0.2) is 9.97 Å². The summed E-state index contributed by atoms with van der Waals surface area (Å²) in [6.07, 6.45) is 0.913. The van der Waals surface area contributed by atoms with E-state index in [1.54, 1.807) is 0 Å². The van der Waals surface area contributed by atoms with Gasteiger partial charge in [-0.15, -0.1) is 0 Å². The third kappa shape index (κ3) is 4.28. The number of benzene rings is 1. The molecule has 1 unspecified atom stereocenters. The van der Waals surface area contributed by atoms with E-state index in [2.05, 4.69) is 53.4 Å². The molecule has 0 saturated carbocycles. The second-order valence-electron chi connectivity index (χ2n) is 5.66. The molecule has 0 aliphatic rings. The summed E-state index contributed by atoms with van der Waals surface area (Å²) < 4.78 is 5.17. The van der Waals surface area contributed by atoms with Crippen LogP contribution in [0.15, 0.2) is 24.3 Å². The van der Waals surface area contributed by atoms with Crippen molar-refractivity contribution >= 4 is 11.9 Å². The average molecular weight is 313 g/mol. The maximum atomic E-state index is 11.1. The minimum Gasteiger partial charge on any atom is -0.423 e. The first kappa shape index (κ1) is 16.9. The summed E-state index contributed by atoms with van der Waals surface area (Å²) in [4.78, 5) is 20.0. The van der Waals surface area contributed by atoms with Crippen LogP contribution < -0.4 is 10.1 Å². The number of anilines is 1. The van der Waals surface area contributed by atoms with Gasteiger partial charge in [0.15, 0.2) is 5.75 Å². The largest absolute Gasteiger partial charge is 0.423 e. The number of rotatable bonds is 5. The van der Waals surface area contributed by atoms with Crippen LogP contribution in [0.1, 0.15) is 48.8 Å². The number of carbonyl (C=O) groups is 1. The smallest absolute Gasteiger partial charge is 0.308 e. The van der Waals surface area contributed by atoms with Crippen molar-refractivity contribution in [2.24, 2.45) is 0 Å². The fourth-order valence-electron chi connectivity index (χ4n) is 2.44. The Balaban J connectivity index is 2.24. The van der Waals surface area contributed by atoms with E-state index in [1.165, 1.54) is 18.1 Å². The monoisotopic (exact) mass is 313 g/mol. The van der Waals surface area contributed by atoms with E-state index in [0.717, 1.165) is 6.42 Å². The summed E-state index contributed by atoms with van der Waals surface area (Å²) in [6, 6.07) is 8.56. The van der Waals surface area contributed by atoms with Crippen LogP contribution in [0.4, 0.5) is 5.95 Å². The summed E-state index contributed by atoms with van der Waals surface area (Å²) in [5.41, 5.74) is 3.72. The van der Waals surface area contributed by atoms with Gasteiger partial charge in [-0.3, -0.25) is 4.79 Å². The highest BCUT2D eigenvalue weighted by Crippen LogP contribution is 2.25. The summed E-state index contributed by atoms with van der Waals surface area (Å²) in [6.45, 7) is 9.18. The number of aryl methyl sites for hydroxylation is 3. The van der Waals surface area contributed by atoms with E-state index in [-0.39, 0.29) is 12.0 Å². The van der Waals surface area contributed by atoms with Crippen molar-refractivity contribution in [3.8, 4) is 5.75 Å². The van der Waals surface area contributed by atoms with Crippen molar-refractivity contribution in [3.05, 3.63) is 46.8 Å². The van der Waals surface area contributed by atoms with Gasteiger partial charge in [-0.05, 0) is 32.8 Å². The van der Waals surface area contributed by atoms with Crippen LogP contribution in [0, 0.1) is 20.8 Å². The number of carbonyl (C=O) groups excluding carboxylic acids is 1. The third-order valence-corrected chi connectivity index (χ3v) is 3.64. The van der Waals surface area contributed by atoms with Crippen molar-refractivity contribution in [1.82, 2.24) is 9.97 Å². The van der Waals surface area contributed by atoms with Crippen LogP contribution in [0.3, 0.4) is 0 Å². The topological polar surface area (TPSA) is 64.1 Å². The van der Waals surface area contributed by atoms with Crippen LogP contribution in [0.2, 0.25) is 0 Å². The molecule has 5 heteroatoms. The highest BCUT2D eigenvalue weighted by Gasteiger charge is 2.15. The first-order chi connectivity index (χ1) is 10.9. The molecule has 1 heterocycles. The fourth-order valence-corrected chi connectivity index (χ4v) is 2.44. The quantitative estimate of drug-likeness (QED) is 0.848. The van der Waals surface area contributed by atoms with Gasteiger partial charge < -0.3 is 10.1 Å². The number of hydrogen-bond acceptors (Lipinski definition) is 5. The van der Waals surface area contributed by atoms with Crippen LogP contribution in [-0.2, 0) is 4.79 Å². The van der Waals surface area contributed by atoms with E-state index in [4.69, 9.17) is 4.74 Å². The molecule has 2 rings (SSSR count). The Morgan fingerprint density at radius 2 is 1.70 bits per heavy atom. The number of hydrogen-bond donors (Lipinski definition) is 1. The SMILES string of the molecule is CCC(Nc1nc(C)c(OC(C)=O)c(C)n1)c1ccc(C)cc1. The molecule has 2 aromatic rings. The number of nitrogens with zero attached hydrogens (tertiary/aromatic N) is 2. The standard InChI is InChI=1S/C18H23N3O2/c1-6-16(15-9-7-11(2)8-10-15)21-18-19-12(3)17(13(4)20-18)23-14(5)22/h7-10,16H,6H2,1-5H3,(H,19,20,21). The average Bonchev–Trinajstić information content (AvgIpc) is 2.49. The molecule has 0 bridgehead atoms. The van der Waals surface area contributed by atoms with Gasteiger partial charge in [0.1, 0.15) is 0 Å². The van der Waals surface area contributed by atoms with Gasteiger partial charge in [0.05, 0.1) is 17.4 Å². The minimum atomic E-state index is -0.369. The molecule has 1 N–H and O–H groups in total. The number of esters is 1. The molecule has 0 fully saturated rings. The van der Waals surface area contributed by atoms with Crippen LogP contribution >= 0.6 is 0 Å². The van der Waals surface area contributed by atoms with E-state index in [0.29, 0.717) is 23.1 Å². The third-order valence-electron chi connectivity index (χ3n) is 3.64. The van der Waals surface area contributed by atoms with E-state index >= 15 is 0 Å². The van der Waals surface area contributed by atoms with Crippen LogP contribution in [0.5, 0.6) is 5.75 Å². The lowest BCUT2D eigenvalue weighted by molar-refractivity contribution is -0.132. The van der Waals surface area contributed by atoms with Gasteiger partial charge in [0.2, 0.25) is 5.95 Å². The summed E-state index contributed by atoms with van der Waals surface area (Å²) in [5.74, 6) is 0.612. The summed E-state index contributed by atoms with van der Waals surface area (Å²) >= 11 is 0. The van der Waals surface area contributed by atoms with Gasteiger partial charge in [-0.2, -0.15) is 0 Å². The molecule has 0 aliphatic heterocycles. The van der Waals surface area contributed by atoms with Gasteiger partial charge >= 0.3 is 5.97 Å². The van der Waals surface area contributed by atoms with Crippen LogP contribution in [0.25, 0.3) is 0 Å². The number of aromatic nitrogens is 2. The van der Waals surface area contributed by atoms with Crippen molar-refractivity contribution in [3.63, 3.8) is 0 Å². The van der Waals surface area contributed by atoms with E-state index in [1.807, 2.05) is 13.8 Å². The maximum absolute atomic E-state index is 11.1. The lowest BCUT2D eigenvalue weighted by atomic mass is 10.0. The molecule has 0 saturated heterocycles. The lowest BCUT2D eigenvalue weighted by Gasteiger charge is -2.19. The molecule has 0 aliphatic carbocycles. The maximum Gasteiger partial charge on any atom is 0.308 e. The molecular weight excluding hydrogens is 290 g/mol. The molecule has 1 atom stereocenters. The Kier molecular flexibility index (Phi) is 5.32. The number of ether oxygens (including phenoxy) is 1. The van der Waals surface area contributed by atoms with Gasteiger partial charge in [0, 0.05) is 6.92 Å². The lowest BCUT2D eigenvalue weighted by Crippen LogP contribution is -2.14. The molecular formula is C18H23N3O2. The molecule has 23 heavy (non-hydrogen) atoms. The Morgan fingerprint density at radius 3 is 2.17 bits per heavy atom. The molecule has 1 aromatic heterocycles. The van der Waals surface area contributed by atoms with Crippen molar-refractivity contribution < 1.29 is 9.53 Å². The minimum absolute atomic E-state index is 0.133. The summed E-state index contributed by atoms with van der Waals surface area (Å²) in [7, 11) is 0. The normalized spacial score (nSPS) is 11.9. The zero-order chi connectivity index (χ0) is 17.0. The first-order valence-electron chi connectivity index (χ1n) is 7.77. The second-order valence-corrected chi connectivity index (χ2v) is 5.66. The van der Waals surface area contributed by atoms with Crippen LogP contribution in [-0.4, -0.2) is 15.9 Å². The Hall–Kier alpha value is -2.43. The van der Waals surface area contributed by atoms with Crippen molar-refractivity contribution in [1.29, 1.82) is 0 Å². The summed E-state index contributed by atoms with van der Waals surface area (Å²) in [5, 5.41) is 3.36. The predicted molar refractivity (Wildman–Crippen MR) is 90.6 cm³/mol. The van der Waals surface area contributed by atoms with Crippen molar-refractivity contribution in [2.45, 2.75) is 47.1 Å². The van der Waals surface area contributed by atoms with E-state index < -0.39 is 0 Å². The van der Waals surface area contributed by atoms with Gasteiger partial charge in [0.25, 0.3) is 0 Å². The Bertz CT molecular complexity index is 673. The molecule has 0 radical (unpaired) electrons. The predicted octanol–water partition coefficient (Wildman–Crippen LogP) is 3.89. The molecule has 0 amide bonds. The molecule has 5 nitrogen and oxygen atoms in total. The highest BCUT2D eigenvalue weighted by molar-refractivity contribution is 5.70. The Labute approximate surface area is 137 Å². The van der Waals surface area contributed by atoms with Crippen molar-refractivity contribution in [2.75, 3.05) is 5.32 Å². The second kappa shape index (κ2) is 7.22. The molecule has 122 valence electrons. The van der Waals surface area contributed by atoms with Gasteiger partial charge in [-0.1, -0.05) is 36.8 Å². The zero-order valence-electron chi connectivity index (χ0n) is 14.3. The Morgan fingerprint density at radius 1 is 1.13 bits per heavy atom. The molecule has 0 spiro atoms. The zero-order valence-corrected chi connectivity index (χ0v) is 14.3. The van der Waals surface area contributed by atoms with E-state index in [9.17, 15) is 4.79 Å². The molecule has 1 aromatic carbocycles. The number of nitrogens with one attached hydrogen (secondary N) is 1. The highest BCUT2D eigenvalue weighted by atomic mass is 16.5.